The van der Waals surface area contributed by atoms with Gasteiger partial charge in [0.05, 0.1) is 5.03 Å². The number of thioether (sulfide) groups is 1. The van der Waals surface area contributed by atoms with E-state index in [0.29, 0.717) is 0 Å². The van der Waals surface area contributed by atoms with E-state index in [9.17, 15) is 0 Å². The average molecular weight is 169 g/mol. The van der Waals surface area contributed by atoms with Crippen molar-refractivity contribution in [3.8, 4) is 0 Å². The van der Waals surface area contributed by atoms with Gasteiger partial charge in [0.1, 0.15) is 4.64 Å². The SMILES string of the molecule is S=c1ccc2c([nH]1)SCC2. The molecule has 1 aromatic heterocycles. The summed E-state index contributed by atoms with van der Waals surface area (Å²) in [7, 11) is 0. The van der Waals surface area contributed by atoms with E-state index in [1.807, 2.05) is 17.8 Å². The molecule has 3 heteroatoms. The van der Waals surface area contributed by atoms with Crippen LogP contribution in [-0.2, 0) is 6.42 Å². The van der Waals surface area contributed by atoms with Crippen molar-refractivity contribution in [2.24, 2.45) is 0 Å². The smallest absolute Gasteiger partial charge is 0.104 e. The zero-order valence-corrected chi connectivity index (χ0v) is 7.02. The number of rotatable bonds is 0. The van der Waals surface area contributed by atoms with E-state index >= 15 is 0 Å². The van der Waals surface area contributed by atoms with Gasteiger partial charge < -0.3 is 4.98 Å². The maximum absolute atomic E-state index is 4.98. The van der Waals surface area contributed by atoms with Gasteiger partial charge in [0.25, 0.3) is 0 Å². The summed E-state index contributed by atoms with van der Waals surface area (Å²) in [6.07, 6.45) is 1.19. The van der Waals surface area contributed by atoms with Crippen molar-refractivity contribution < 1.29 is 0 Å². The highest BCUT2D eigenvalue weighted by molar-refractivity contribution is 7.99. The maximum atomic E-state index is 4.98. The second-order valence-electron chi connectivity index (χ2n) is 2.28. The van der Waals surface area contributed by atoms with Crippen LogP contribution < -0.4 is 0 Å². The molecule has 52 valence electrons. The van der Waals surface area contributed by atoms with Crippen molar-refractivity contribution in [2.45, 2.75) is 11.4 Å². The van der Waals surface area contributed by atoms with Gasteiger partial charge in [-0.2, -0.15) is 0 Å². The van der Waals surface area contributed by atoms with E-state index in [1.165, 1.54) is 22.8 Å². The quantitative estimate of drug-likeness (QED) is 0.600. The summed E-state index contributed by atoms with van der Waals surface area (Å²) in [5.74, 6) is 1.20. The van der Waals surface area contributed by atoms with Crippen molar-refractivity contribution in [1.82, 2.24) is 4.98 Å². The predicted molar refractivity (Wildman–Crippen MR) is 46.1 cm³/mol. The molecule has 1 nitrogen and oxygen atoms in total. The van der Waals surface area contributed by atoms with Gasteiger partial charge in [-0.1, -0.05) is 18.3 Å². The molecule has 0 aliphatic carbocycles. The molecule has 2 heterocycles. The van der Waals surface area contributed by atoms with Crippen LogP contribution in [-0.4, -0.2) is 10.7 Å². The van der Waals surface area contributed by atoms with Gasteiger partial charge in [-0.3, -0.25) is 0 Å². The van der Waals surface area contributed by atoms with Gasteiger partial charge in [-0.05, 0) is 18.1 Å². The molecule has 0 atom stereocenters. The van der Waals surface area contributed by atoms with Gasteiger partial charge in [-0.15, -0.1) is 11.8 Å². The second kappa shape index (κ2) is 2.40. The minimum absolute atomic E-state index is 0.841. The van der Waals surface area contributed by atoms with Crippen molar-refractivity contribution in [1.29, 1.82) is 0 Å². The minimum Gasteiger partial charge on any atom is -0.341 e. The molecule has 0 unspecified atom stereocenters. The molecular weight excluding hydrogens is 162 g/mol. The Balaban J connectivity index is 2.63. The molecule has 1 aromatic rings. The molecule has 10 heavy (non-hydrogen) atoms. The minimum atomic E-state index is 0.841. The molecule has 0 amide bonds. The standard InChI is InChI=1S/C7H7NS2/c9-6-2-1-5-3-4-10-7(5)8-6/h1-2H,3-4H2,(H,8,9). The average Bonchev–Trinajstić information content (AvgIpc) is 2.33. The van der Waals surface area contributed by atoms with Crippen molar-refractivity contribution in [3.05, 3.63) is 22.3 Å². The topological polar surface area (TPSA) is 15.8 Å². The fourth-order valence-corrected chi connectivity index (χ4v) is 2.37. The lowest BCUT2D eigenvalue weighted by molar-refractivity contribution is 1.04. The Bertz CT molecular complexity index is 303. The molecule has 0 saturated carbocycles. The third kappa shape index (κ3) is 0.995. The first-order chi connectivity index (χ1) is 4.86. The Morgan fingerprint density at radius 2 is 2.40 bits per heavy atom. The van der Waals surface area contributed by atoms with Crippen LogP contribution in [0.1, 0.15) is 5.56 Å². The molecule has 1 aliphatic heterocycles. The fourth-order valence-electron chi connectivity index (χ4n) is 1.07. The monoisotopic (exact) mass is 169 g/mol. The predicted octanol–water partition coefficient (Wildman–Crippen LogP) is 2.39. The largest absolute Gasteiger partial charge is 0.341 e. The summed E-state index contributed by atoms with van der Waals surface area (Å²) < 4.78 is 0.841. The number of aromatic amines is 1. The Morgan fingerprint density at radius 3 is 3.30 bits per heavy atom. The number of hydrogen-bond donors (Lipinski definition) is 1. The Morgan fingerprint density at radius 1 is 1.50 bits per heavy atom. The third-order valence-electron chi connectivity index (χ3n) is 1.58. The van der Waals surface area contributed by atoms with E-state index in [2.05, 4.69) is 11.1 Å². The summed E-state index contributed by atoms with van der Waals surface area (Å²) >= 11 is 6.84. The number of aromatic nitrogens is 1. The molecule has 0 fully saturated rings. The summed E-state index contributed by atoms with van der Waals surface area (Å²) in [5, 5.41) is 1.27. The normalized spacial score (nSPS) is 15.2. The molecule has 0 radical (unpaired) electrons. The lowest BCUT2D eigenvalue weighted by Crippen LogP contribution is -1.82. The summed E-state index contributed by atoms with van der Waals surface area (Å²) in [6.45, 7) is 0. The molecule has 1 N–H and O–H groups in total. The molecule has 0 spiro atoms. The van der Waals surface area contributed by atoms with Crippen molar-refractivity contribution >= 4 is 24.0 Å². The molecule has 0 bridgehead atoms. The van der Waals surface area contributed by atoms with Crippen LogP contribution in [0.25, 0.3) is 0 Å². The highest BCUT2D eigenvalue weighted by Gasteiger charge is 2.09. The highest BCUT2D eigenvalue weighted by atomic mass is 32.2. The molecule has 0 aromatic carbocycles. The molecule has 1 aliphatic rings. The summed E-state index contributed by atoms with van der Waals surface area (Å²) in [5.41, 5.74) is 1.42. The fraction of sp³-hybridized carbons (Fsp3) is 0.286. The zero-order valence-electron chi connectivity index (χ0n) is 5.39. The van der Waals surface area contributed by atoms with Gasteiger partial charge in [0.15, 0.2) is 0 Å². The Labute approximate surface area is 68.9 Å². The van der Waals surface area contributed by atoms with Gasteiger partial charge >= 0.3 is 0 Å². The lowest BCUT2D eigenvalue weighted by atomic mass is 10.2. The van der Waals surface area contributed by atoms with Crippen LogP contribution in [0.5, 0.6) is 0 Å². The van der Waals surface area contributed by atoms with E-state index in [-0.39, 0.29) is 0 Å². The highest BCUT2D eigenvalue weighted by Crippen LogP contribution is 2.28. The number of pyridine rings is 1. The van der Waals surface area contributed by atoms with Gasteiger partial charge in [-0.25, -0.2) is 0 Å². The van der Waals surface area contributed by atoms with E-state index in [1.54, 1.807) is 0 Å². The molecule has 0 saturated heterocycles. The van der Waals surface area contributed by atoms with Crippen LogP contribution in [0.15, 0.2) is 17.2 Å². The molecule has 2 rings (SSSR count). The van der Waals surface area contributed by atoms with E-state index in [4.69, 9.17) is 12.2 Å². The Kier molecular flexibility index (Phi) is 1.54. The van der Waals surface area contributed by atoms with Gasteiger partial charge in [0, 0.05) is 5.75 Å². The van der Waals surface area contributed by atoms with Gasteiger partial charge in [0.2, 0.25) is 0 Å². The first-order valence-corrected chi connectivity index (χ1v) is 4.61. The van der Waals surface area contributed by atoms with Crippen LogP contribution in [0.3, 0.4) is 0 Å². The number of H-pyrrole nitrogens is 1. The molecular formula is C7H7NS2. The van der Waals surface area contributed by atoms with E-state index < -0.39 is 0 Å². The number of aryl methyl sites for hydroxylation is 1. The number of fused-ring (bicyclic) bond motifs is 1. The first kappa shape index (κ1) is 6.43. The van der Waals surface area contributed by atoms with Crippen LogP contribution >= 0.6 is 24.0 Å². The van der Waals surface area contributed by atoms with Crippen molar-refractivity contribution in [2.75, 3.05) is 5.75 Å². The number of nitrogens with one attached hydrogen (secondary N) is 1. The van der Waals surface area contributed by atoms with Crippen LogP contribution in [0, 0.1) is 4.64 Å². The number of hydrogen-bond acceptors (Lipinski definition) is 2. The third-order valence-corrected chi connectivity index (χ3v) is 2.88. The summed E-state index contributed by atoms with van der Waals surface area (Å²) in [4.78, 5) is 3.17. The zero-order chi connectivity index (χ0) is 6.97. The maximum Gasteiger partial charge on any atom is 0.104 e. The second-order valence-corrected chi connectivity index (χ2v) is 3.82. The van der Waals surface area contributed by atoms with Crippen molar-refractivity contribution in [3.63, 3.8) is 0 Å². The Hall–Kier alpha value is -0.280. The van der Waals surface area contributed by atoms with E-state index in [0.717, 1.165) is 4.64 Å². The summed E-state index contributed by atoms with van der Waals surface area (Å²) in [6, 6.07) is 4.08. The first-order valence-electron chi connectivity index (χ1n) is 3.21. The van der Waals surface area contributed by atoms with Crippen LogP contribution in [0.4, 0.5) is 0 Å². The lowest BCUT2D eigenvalue weighted by Gasteiger charge is -1.94. The van der Waals surface area contributed by atoms with Crippen LogP contribution in [0.2, 0.25) is 0 Å².